The van der Waals surface area contributed by atoms with Gasteiger partial charge in [0.1, 0.15) is 6.17 Å². The summed E-state index contributed by atoms with van der Waals surface area (Å²) in [6, 6.07) is 0. The van der Waals surface area contributed by atoms with Gasteiger partial charge in [-0.2, -0.15) is 0 Å². The number of rotatable bonds is 7. The summed E-state index contributed by atoms with van der Waals surface area (Å²) in [5.41, 5.74) is 0. The predicted octanol–water partition coefficient (Wildman–Crippen LogP) is 1.42. The maximum Gasteiger partial charge on any atom is 0.558 e. The van der Waals surface area contributed by atoms with Crippen molar-refractivity contribution in [2.45, 2.75) is 26.2 Å². The van der Waals surface area contributed by atoms with E-state index in [0.29, 0.717) is 0 Å². The van der Waals surface area contributed by atoms with E-state index in [4.69, 9.17) is 13.3 Å². The van der Waals surface area contributed by atoms with Crippen molar-refractivity contribution in [2.24, 2.45) is 0 Å². The van der Waals surface area contributed by atoms with E-state index in [1.165, 1.54) is 38.9 Å². The third kappa shape index (κ3) is 3.04. The highest BCUT2D eigenvalue weighted by Crippen LogP contribution is 2.24. The molecule has 0 bridgehead atoms. The molecule has 0 aliphatic carbocycles. The molecule has 5 heteroatoms. The highest BCUT2D eigenvalue weighted by Gasteiger charge is 2.49. The maximum atomic E-state index is 5.55. The average molecular weight is 248 g/mol. The van der Waals surface area contributed by atoms with Crippen molar-refractivity contribution in [3.05, 3.63) is 0 Å². The lowest BCUT2D eigenvalue weighted by Gasteiger charge is -2.38. The fourth-order valence-corrected chi connectivity index (χ4v) is 4.98. The van der Waals surface area contributed by atoms with Crippen LogP contribution < -0.4 is 0 Å². The topological polar surface area (TPSA) is 27.7 Å². The molecule has 0 aromatic rings. The molecule has 0 aromatic carbocycles. The van der Waals surface area contributed by atoms with E-state index in [1.807, 2.05) is 0 Å². The smallest absolute Gasteiger partial charge is 0.374 e. The second-order valence-electron chi connectivity index (χ2n) is 4.67. The van der Waals surface area contributed by atoms with Crippen LogP contribution in [0.15, 0.2) is 0 Å². The summed E-state index contributed by atoms with van der Waals surface area (Å²) in [5, 5.41) is 0. The van der Waals surface area contributed by atoms with Crippen LogP contribution in [-0.4, -0.2) is 60.4 Å². The van der Waals surface area contributed by atoms with E-state index in [2.05, 4.69) is 6.92 Å². The molecule has 16 heavy (non-hydrogen) atoms. The van der Waals surface area contributed by atoms with Gasteiger partial charge in [-0.3, -0.25) is 0 Å². The standard InChI is InChI=1S/C11H26NO3Si/c1-5-8-12(9-6-7-10-12)11-16(13-2,14-3)15-4/h5-11H2,1-4H3/q+1. The molecule has 1 saturated heterocycles. The fraction of sp³-hybridized carbons (Fsp3) is 1.00. The maximum absolute atomic E-state index is 5.55. The van der Waals surface area contributed by atoms with Gasteiger partial charge in [0, 0.05) is 34.2 Å². The van der Waals surface area contributed by atoms with Crippen LogP contribution in [0.1, 0.15) is 26.2 Å². The van der Waals surface area contributed by atoms with Gasteiger partial charge in [0.2, 0.25) is 0 Å². The number of nitrogens with zero attached hydrogens (tertiary/aromatic N) is 1. The molecule has 1 fully saturated rings. The quantitative estimate of drug-likeness (QED) is 0.504. The Kier molecular flexibility index (Phi) is 5.40. The van der Waals surface area contributed by atoms with E-state index in [0.717, 1.165) is 10.7 Å². The molecule has 0 amide bonds. The third-order valence-corrected chi connectivity index (χ3v) is 6.60. The van der Waals surface area contributed by atoms with Gasteiger partial charge in [-0.25, -0.2) is 0 Å². The lowest BCUT2D eigenvalue weighted by molar-refractivity contribution is -0.909. The molecular formula is C11H26NO3Si+. The first kappa shape index (κ1) is 14.1. The van der Waals surface area contributed by atoms with Crippen LogP contribution in [0.25, 0.3) is 0 Å². The molecule has 1 aliphatic heterocycles. The lowest BCUT2D eigenvalue weighted by Crippen LogP contribution is -2.61. The molecule has 4 nitrogen and oxygen atoms in total. The minimum atomic E-state index is -2.42. The molecular weight excluding hydrogens is 222 g/mol. The second-order valence-corrected chi connectivity index (χ2v) is 7.58. The Bertz CT molecular complexity index is 195. The van der Waals surface area contributed by atoms with Crippen molar-refractivity contribution in [3.8, 4) is 0 Å². The Morgan fingerprint density at radius 2 is 1.50 bits per heavy atom. The van der Waals surface area contributed by atoms with E-state index in [1.54, 1.807) is 21.3 Å². The number of hydrogen-bond acceptors (Lipinski definition) is 3. The first-order chi connectivity index (χ1) is 7.66. The first-order valence-electron chi connectivity index (χ1n) is 6.16. The predicted molar refractivity (Wildman–Crippen MR) is 66.0 cm³/mol. The Morgan fingerprint density at radius 3 is 1.88 bits per heavy atom. The Morgan fingerprint density at radius 1 is 1.00 bits per heavy atom. The van der Waals surface area contributed by atoms with Crippen LogP contribution in [0.3, 0.4) is 0 Å². The molecule has 96 valence electrons. The first-order valence-corrected chi connectivity index (χ1v) is 8.09. The summed E-state index contributed by atoms with van der Waals surface area (Å²) < 4.78 is 17.8. The summed E-state index contributed by atoms with van der Waals surface area (Å²) in [6.45, 7) is 5.95. The average Bonchev–Trinajstić information content (AvgIpc) is 2.75. The molecule has 0 radical (unpaired) electrons. The highest BCUT2D eigenvalue weighted by molar-refractivity contribution is 6.60. The molecule has 0 spiro atoms. The van der Waals surface area contributed by atoms with Crippen molar-refractivity contribution < 1.29 is 17.8 Å². The number of quaternary nitrogens is 1. The Balaban J connectivity index is 2.72. The monoisotopic (exact) mass is 248 g/mol. The van der Waals surface area contributed by atoms with E-state index >= 15 is 0 Å². The molecule has 0 aromatic heterocycles. The van der Waals surface area contributed by atoms with Crippen molar-refractivity contribution in [1.82, 2.24) is 0 Å². The SMILES string of the molecule is CCC[N+]1(C[Si](OC)(OC)OC)CCCC1. The highest BCUT2D eigenvalue weighted by atomic mass is 28.4. The molecule has 0 unspecified atom stereocenters. The van der Waals surface area contributed by atoms with Crippen LogP contribution in [0.5, 0.6) is 0 Å². The zero-order valence-electron chi connectivity index (χ0n) is 11.1. The minimum absolute atomic E-state index is 0.921. The van der Waals surface area contributed by atoms with Gasteiger partial charge < -0.3 is 17.8 Å². The van der Waals surface area contributed by atoms with Gasteiger partial charge in [0.15, 0.2) is 0 Å². The molecule has 0 N–H and O–H groups in total. The van der Waals surface area contributed by atoms with E-state index in [9.17, 15) is 0 Å². The van der Waals surface area contributed by atoms with E-state index < -0.39 is 8.80 Å². The number of hydrogen-bond donors (Lipinski definition) is 0. The van der Waals surface area contributed by atoms with Gasteiger partial charge >= 0.3 is 8.80 Å². The Labute approximate surface area is 100 Å². The van der Waals surface area contributed by atoms with Gasteiger partial charge in [0.25, 0.3) is 0 Å². The molecule has 1 heterocycles. The van der Waals surface area contributed by atoms with Crippen molar-refractivity contribution in [1.29, 1.82) is 0 Å². The van der Waals surface area contributed by atoms with Crippen LogP contribution in [0.2, 0.25) is 0 Å². The second kappa shape index (κ2) is 6.12. The number of likely N-dealkylation sites (tertiary alicyclic amines) is 1. The van der Waals surface area contributed by atoms with Crippen molar-refractivity contribution in [3.63, 3.8) is 0 Å². The normalized spacial score (nSPS) is 20.2. The molecule has 1 aliphatic rings. The zero-order chi connectivity index (χ0) is 12.1. The van der Waals surface area contributed by atoms with E-state index in [-0.39, 0.29) is 0 Å². The molecule has 0 atom stereocenters. The largest absolute Gasteiger partial charge is 0.558 e. The van der Waals surface area contributed by atoms with Crippen molar-refractivity contribution >= 4 is 8.80 Å². The van der Waals surface area contributed by atoms with Gasteiger partial charge in [-0.1, -0.05) is 6.92 Å². The fourth-order valence-electron chi connectivity index (χ4n) is 2.80. The van der Waals surface area contributed by atoms with Crippen LogP contribution in [-0.2, 0) is 13.3 Å². The lowest BCUT2D eigenvalue weighted by atomic mass is 10.4. The van der Waals surface area contributed by atoms with Gasteiger partial charge in [-0.15, -0.1) is 0 Å². The summed E-state index contributed by atoms with van der Waals surface area (Å²) >= 11 is 0. The Hall–Kier alpha value is 0.0569. The minimum Gasteiger partial charge on any atom is -0.374 e. The summed E-state index contributed by atoms with van der Waals surface area (Å²) in [6.07, 6.45) is 4.77. The van der Waals surface area contributed by atoms with Crippen LogP contribution in [0.4, 0.5) is 0 Å². The molecule has 1 rings (SSSR count). The summed E-state index contributed by atoms with van der Waals surface area (Å²) in [4.78, 5) is 0. The van der Waals surface area contributed by atoms with Gasteiger partial charge in [0.05, 0.1) is 19.6 Å². The van der Waals surface area contributed by atoms with Crippen LogP contribution >= 0.6 is 0 Å². The van der Waals surface area contributed by atoms with Crippen LogP contribution in [0, 0.1) is 0 Å². The van der Waals surface area contributed by atoms with Crippen molar-refractivity contribution in [2.75, 3.05) is 47.1 Å². The summed E-state index contributed by atoms with van der Waals surface area (Å²) in [5.74, 6) is 0. The third-order valence-electron chi connectivity index (χ3n) is 3.67. The zero-order valence-corrected chi connectivity index (χ0v) is 12.1. The summed E-state index contributed by atoms with van der Waals surface area (Å²) in [7, 11) is 2.70. The van der Waals surface area contributed by atoms with Gasteiger partial charge in [-0.05, 0) is 6.42 Å². The molecule has 0 saturated carbocycles.